The summed E-state index contributed by atoms with van der Waals surface area (Å²) in [4.78, 5) is 9.36. The first-order chi connectivity index (χ1) is 8.08. The molecule has 17 heavy (non-hydrogen) atoms. The van der Waals surface area contributed by atoms with E-state index in [0.717, 1.165) is 36.8 Å². The lowest BCUT2D eigenvalue weighted by Crippen LogP contribution is -2.38. The number of aryl methyl sites for hydroxylation is 1. The van der Waals surface area contributed by atoms with Crippen LogP contribution in [0, 0.1) is 6.92 Å². The molecule has 1 atom stereocenters. The summed E-state index contributed by atoms with van der Waals surface area (Å²) in [6.45, 7) is 7.55. The number of aromatic nitrogens is 1. The highest BCUT2D eigenvalue weighted by atomic mass is 15.3. The zero-order chi connectivity index (χ0) is 12.4. The van der Waals surface area contributed by atoms with Crippen LogP contribution in [0.25, 0.3) is 0 Å². The maximum absolute atomic E-state index is 5.82. The Morgan fingerprint density at radius 2 is 2.12 bits per heavy atom. The number of hydrogen-bond acceptors (Lipinski definition) is 4. The van der Waals surface area contributed by atoms with Gasteiger partial charge < -0.3 is 15.5 Å². The van der Waals surface area contributed by atoms with Gasteiger partial charge in [-0.05, 0) is 46.0 Å². The summed E-state index contributed by atoms with van der Waals surface area (Å²) in [5.41, 5.74) is 7.51. The van der Waals surface area contributed by atoms with Crippen molar-refractivity contribution in [3.8, 4) is 0 Å². The van der Waals surface area contributed by atoms with E-state index in [4.69, 9.17) is 5.73 Å². The smallest absolute Gasteiger partial charge is 0.129 e. The lowest BCUT2D eigenvalue weighted by atomic mass is 10.2. The lowest BCUT2D eigenvalue weighted by Gasteiger charge is -2.29. The Bertz CT molecular complexity index is 391. The fourth-order valence-electron chi connectivity index (χ4n) is 2.43. The highest BCUT2D eigenvalue weighted by Gasteiger charge is 2.20. The van der Waals surface area contributed by atoms with Gasteiger partial charge in [0.2, 0.25) is 0 Å². The van der Waals surface area contributed by atoms with E-state index < -0.39 is 0 Å². The van der Waals surface area contributed by atoms with E-state index in [-0.39, 0.29) is 0 Å². The van der Waals surface area contributed by atoms with Crippen molar-refractivity contribution in [3.05, 3.63) is 17.8 Å². The average Bonchev–Trinajstić information content (AvgIpc) is 2.43. The molecule has 0 saturated carbocycles. The van der Waals surface area contributed by atoms with Crippen LogP contribution in [-0.2, 0) is 0 Å². The van der Waals surface area contributed by atoms with Crippen LogP contribution in [0.1, 0.15) is 19.0 Å². The van der Waals surface area contributed by atoms with E-state index in [0.29, 0.717) is 6.04 Å². The van der Waals surface area contributed by atoms with Crippen LogP contribution in [-0.4, -0.2) is 42.6 Å². The van der Waals surface area contributed by atoms with Gasteiger partial charge in [0.15, 0.2) is 0 Å². The Labute approximate surface area is 103 Å². The summed E-state index contributed by atoms with van der Waals surface area (Å²) in [6, 6.07) is 4.49. The Balaban J connectivity index is 2.22. The van der Waals surface area contributed by atoms with E-state index in [9.17, 15) is 0 Å². The topological polar surface area (TPSA) is 45.4 Å². The van der Waals surface area contributed by atoms with Crippen LogP contribution in [0.5, 0.6) is 0 Å². The molecule has 1 saturated heterocycles. The Hall–Kier alpha value is -1.29. The second-order valence-corrected chi connectivity index (χ2v) is 5.00. The van der Waals surface area contributed by atoms with Crippen molar-refractivity contribution in [2.45, 2.75) is 26.3 Å². The van der Waals surface area contributed by atoms with Gasteiger partial charge in [-0.3, -0.25) is 0 Å². The van der Waals surface area contributed by atoms with Gasteiger partial charge in [-0.2, -0.15) is 0 Å². The van der Waals surface area contributed by atoms with Crippen LogP contribution < -0.4 is 10.6 Å². The number of hydrogen-bond donors (Lipinski definition) is 1. The molecule has 94 valence electrons. The number of pyridine rings is 1. The largest absolute Gasteiger partial charge is 0.397 e. The zero-order valence-electron chi connectivity index (χ0n) is 11.0. The first kappa shape index (κ1) is 12.2. The number of rotatable bonds is 1. The van der Waals surface area contributed by atoms with Gasteiger partial charge in [0.1, 0.15) is 5.82 Å². The van der Waals surface area contributed by atoms with Crippen molar-refractivity contribution < 1.29 is 0 Å². The number of likely N-dealkylation sites (N-methyl/N-ethyl adjacent to an activating group) is 1. The molecule has 4 heteroatoms. The molecular formula is C13H22N4. The predicted molar refractivity (Wildman–Crippen MR) is 72.3 cm³/mol. The summed E-state index contributed by atoms with van der Waals surface area (Å²) >= 11 is 0. The van der Waals surface area contributed by atoms with E-state index in [1.807, 2.05) is 19.1 Å². The quantitative estimate of drug-likeness (QED) is 0.800. The molecule has 1 aliphatic rings. The Kier molecular flexibility index (Phi) is 3.52. The number of nitrogen functional groups attached to an aromatic ring is 1. The van der Waals surface area contributed by atoms with E-state index in [2.05, 4.69) is 28.8 Å². The normalized spacial score (nSPS) is 22.5. The third kappa shape index (κ3) is 2.69. The molecule has 0 spiro atoms. The molecule has 1 fully saturated rings. The van der Waals surface area contributed by atoms with Gasteiger partial charge in [0, 0.05) is 19.1 Å². The molecule has 0 bridgehead atoms. The monoisotopic (exact) mass is 234 g/mol. The fourth-order valence-corrected chi connectivity index (χ4v) is 2.43. The first-order valence-electron chi connectivity index (χ1n) is 6.26. The molecule has 1 aromatic rings. The van der Waals surface area contributed by atoms with Crippen LogP contribution in [0.2, 0.25) is 0 Å². The van der Waals surface area contributed by atoms with Gasteiger partial charge >= 0.3 is 0 Å². The van der Waals surface area contributed by atoms with Crippen molar-refractivity contribution in [2.24, 2.45) is 0 Å². The molecule has 0 radical (unpaired) electrons. The number of anilines is 2. The zero-order valence-corrected chi connectivity index (χ0v) is 11.0. The maximum Gasteiger partial charge on any atom is 0.129 e. The van der Waals surface area contributed by atoms with Crippen molar-refractivity contribution >= 4 is 11.5 Å². The van der Waals surface area contributed by atoms with Gasteiger partial charge in [0.25, 0.3) is 0 Å². The highest BCUT2D eigenvalue weighted by molar-refractivity contribution is 5.51. The molecule has 1 aromatic heterocycles. The first-order valence-corrected chi connectivity index (χ1v) is 6.26. The van der Waals surface area contributed by atoms with Crippen LogP contribution in [0.15, 0.2) is 12.1 Å². The van der Waals surface area contributed by atoms with Crippen molar-refractivity contribution in [3.63, 3.8) is 0 Å². The van der Waals surface area contributed by atoms with Crippen molar-refractivity contribution in [1.29, 1.82) is 0 Å². The molecule has 0 aliphatic carbocycles. The molecule has 2 N–H and O–H groups in total. The molecule has 2 heterocycles. The molecule has 4 nitrogen and oxygen atoms in total. The highest BCUT2D eigenvalue weighted by Crippen LogP contribution is 2.20. The SMILES string of the molecule is Cc1nc(N2CCCN(C)CC2C)ccc1N. The third-order valence-corrected chi connectivity index (χ3v) is 3.45. The minimum absolute atomic E-state index is 0.498. The van der Waals surface area contributed by atoms with Gasteiger partial charge in [-0.15, -0.1) is 0 Å². The lowest BCUT2D eigenvalue weighted by molar-refractivity contribution is 0.337. The van der Waals surface area contributed by atoms with E-state index in [1.54, 1.807) is 0 Å². The summed E-state index contributed by atoms with van der Waals surface area (Å²) in [7, 11) is 2.18. The molecule has 0 aromatic carbocycles. The van der Waals surface area contributed by atoms with Crippen LogP contribution >= 0.6 is 0 Å². The number of nitrogens with zero attached hydrogens (tertiary/aromatic N) is 3. The summed E-state index contributed by atoms with van der Waals surface area (Å²) in [6.07, 6.45) is 1.19. The average molecular weight is 234 g/mol. The minimum Gasteiger partial charge on any atom is -0.397 e. The molecular weight excluding hydrogens is 212 g/mol. The van der Waals surface area contributed by atoms with Gasteiger partial charge in [-0.25, -0.2) is 4.98 Å². The summed E-state index contributed by atoms with van der Waals surface area (Å²) in [5, 5.41) is 0. The standard InChI is InChI=1S/C13H22N4/c1-10-9-16(3)7-4-8-17(10)13-6-5-12(14)11(2)15-13/h5-6,10H,4,7-9,14H2,1-3H3. The predicted octanol–water partition coefficient (Wildman–Crippen LogP) is 1.50. The van der Waals surface area contributed by atoms with E-state index >= 15 is 0 Å². The summed E-state index contributed by atoms with van der Waals surface area (Å²) in [5.74, 6) is 1.06. The van der Waals surface area contributed by atoms with Crippen molar-refractivity contribution in [2.75, 3.05) is 37.3 Å². The number of nitrogens with two attached hydrogens (primary N) is 1. The van der Waals surface area contributed by atoms with E-state index in [1.165, 1.54) is 6.42 Å². The molecule has 1 unspecified atom stereocenters. The second-order valence-electron chi connectivity index (χ2n) is 5.00. The fraction of sp³-hybridized carbons (Fsp3) is 0.615. The maximum atomic E-state index is 5.82. The van der Waals surface area contributed by atoms with Gasteiger partial charge in [0.05, 0.1) is 11.4 Å². The molecule has 0 amide bonds. The Morgan fingerprint density at radius 1 is 1.35 bits per heavy atom. The van der Waals surface area contributed by atoms with Crippen molar-refractivity contribution in [1.82, 2.24) is 9.88 Å². The Morgan fingerprint density at radius 3 is 2.82 bits per heavy atom. The molecule has 2 rings (SSSR count). The van der Waals surface area contributed by atoms with Gasteiger partial charge in [-0.1, -0.05) is 0 Å². The second kappa shape index (κ2) is 4.92. The minimum atomic E-state index is 0.498. The van der Waals surface area contributed by atoms with Crippen LogP contribution in [0.3, 0.4) is 0 Å². The summed E-state index contributed by atoms with van der Waals surface area (Å²) < 4.78 is 0. The molecule has 1 aliphatic heterocycles. The van der Waals surface area contributed by atoms with Crippen LogP contribution in [0.4, 0.5) is 11.5 Å². The third-order valence-electron chi connectivity index (χ3n) is 3.45.